The van der Waals surface area contributed by atoms with Crippen LogP contribution in [0.15, 0.2) is 24.3 Å². The zero-order valence-electron chi connectivity index (χ0n) is 13.0. The predicted molar refractivity (Wildman–Crippen MR) is 83.4 cm³/mol. The third kappa shape index (κ3) is 5.02. The molecule has 21 heavy (non-hydrogen) atoms. The van der Waals surface area contributed by atoms with Gasteiger partial charge in [-0.3, -0.25) is 14.6 Å². The van der Waals surface area contributed by atoms with Gasteiger partial charge in [0.1, 0.15) is 5.75 Å². The number of piperazine rings is 1. The molecule has 0 bridgehead atoms. The Balaban J connectivity index is 1.77. The maximum absolute atomic E-state index is 11.6. The highest BCUT2D eigenvalue weighted by atomic mass is 16.5. The first-order chi connectivity index (χ1) is 10.2. The van der Waals surface area contributed by atoms with Crippen LogP contribution in [-0.2, 0) is 11.3 Å². The van der Waals surface area contributed by atoms with Gasteiger partial charge in [-0.2, -0.15) is 0 Å². The van der Waals surface area contributed by atoms with Crippen LogP contribution in [0.25, 0.3) is 0 Å². The molecule has 5 heteroatoms. The number of rotatable bonds is 6. The van der Waals surface area contributed by atoms with E-state index in [-0.39, 0.29) is 5.91 Å². The lowest BCUT2D eigenvalue weighted by Crippen LogP contribution is -2.49. The fraction of sp³-hybridized carbons (Fsp3) is 0.562. The molecule has 1 N–H and O–H groups in total. The number of nitrogens with one attached hydrogen (secondary N) is 1. The summed E-state index contributed by atoms with van der Waals surface area (Å²) >= 11 is 0. The first-order valence-corrected chi connectivity index (χ1v) is 7.55. The Morgan fingerprint density at radius 2 is 1.95 bits per heavy atom. The predicted octanol–water partition coefficient (Wildman–Crippen LogP) is 0.949. The molecule has 1 aliphatic heterocycles. The van der Waals surface area contributed by atoms with Gasteiger partial charge in [0.15, 0.2) is 0 Å². The Morgan fingerprint density at radius 3 is 2.62 bits per heavy atom. The first-order valence-electron chi connectivity index (χ1n) is 7.55. The minimum absolute atomic E-state index is 0.124. The van der Waals surface area contributed by atoms with Crippen LogP contribution in [0.4, 0.5) is 0 Å². The maximum Gasteiger partial charge on any atom is 0.234 e. The number of likely N-dealkylation sites (N-methyl/N-ethyl adjacent to an activating group) is 1. The van der Waals surface area contributed by atoms with Gasteiger partial charge >= 0.3 is 0 Å². The normalized spacial score (nSPS) is 16.7. The van der Waals surface area contributed by atoms with Crippen molar-refractivity contribution in [1.29, 1.82) is 0 Å². The van der Waals surface area contributed by atoms with Crippen molar-refractivity contribution in [2.75, 3.05) is 46.4 Å². The van der Waals surface area contributed by atoms with E-state index in [1.54, 1.807) is 7.11 Å². The number of ether oxygens (including phenoxy) is 1. The average molecular weight is 291 g/mol. The molecule has 5 nitrogen and oxygen atoms in total. The second kappa shape index (κ2) is 8.00. The van der Waals surface area contributed by atoms with Crippen molar-refractivity contribution in [1.82, 2.24) is 15.1 Å². The van der Waals surface area contributed by atoms with Crippen molar-refractivity contribution < 1.29 is 9.53 Å². The molecule has 1 aliphatic rings. The van der Waals surface area contributed by atoms with Crippen molar-refractivity contribution in [2.45, 2.75) is 13.5 Å². The van der Waals surface area contributed by atoms with Gasteiger partial charge in [0.25, 0.3) is 0 Å². The summed E-state index contributed by atoms with van der Waals surface area (Å²) in [6, 6.07) is 8.21. The molecular weight excluding hydrogens is 266 g/mol. The molecule has 0 spiro atoms. The van der Waals surface area contributed by atoms with E-state index in [4.69, 9.17) is 4.74 Å². The van der Waals surface area contributed by atoms with Gasteiger partial charge in [0.05, 0.1) is 13.7 Å². The number of hydrogen-bond acceptors (Lipinski definition) is 4. The number of benzene rings is 1. The van der Waals surface area contributed by atoms with Crippen LogP contribution in [0, 0.1) is 0 Å². The molecule has 0 atom stereocenters. The molecule has 0 unspecified atom stereocenters. The largest absolute Gasteiger partial charge is 0.497 e. The molecule has 1 aromatic carbocycles. The summed E-state index contributed by atoms with van der Waals surface area (Å²) in [5.74, 6) is 1.03. The summed E-state index contributed by atoms with van der Waals surface area (Å²) in [7, 11) is 1.69. The van der Waals surface area contributed by atoms with E-state index in [9.17, 15) is 4.79 Å². The summed E-state index contributed by atoms with van der Waals surface area (Å²) in [5, 5.41) is 2.85. The number of carbonyl (C=O) groups excluding carboxylic acids is 1. The number of nitrogens with zero attached hydrogens (tertiary/aromatic N) is 2. The maximum atomic E-state index is 11.6. The Labute approximate surface area is 126 Å². The second-order valence-electron chi connectivity index (χ2n) is 5.36. The first kappa shape index (κ1) is 15.8. The van der Waals surface area contributed by atoms with Crippen LogP contribution < -0.4 is 10.1 Å². The minimum atomic E-state index is 0.124. The fourth-order valence-electron chi connectivity index (χ4n) is 2.59. The molecule has 1 aromatic rings. The van der Waals surface area contributed by atoms with Gasteiger partial charge in [0.2, 0.25) is 5.91 Å². The van der Waals surface area contributed by atoms with Crippen molar-refractivity contribution in [3.05, 3.63) is 29.8 Å². The quantitative estimate of drug-likeness (QED) is 0.847. The topological polar surface area (TPSA) is 44.8 Å². The molecule has 1 heterocycles. The van der Waals surface area contributed by atoms with E-state index in [1.165, 1.54) is 5.56 Å². The second-order valence-corrected chi connectivity index (χ2v) is 5.36. The van der Waals surface area contributed by atoms with Crippen LogP contribution >= 0.6 is 0 Å². The number of amides is 1. The van der Waals surface area contributed by atoms with Gasteiger partial charge in [-0.1, -0.05) is 12.1 Å². The van der Waals surface area contributed by atoms with E-state index < -0.39 is 0 Å². The molecular formula is C16H25N3O2. The third-order valence-corrected chi connectivity index (χ3v) is 3.75. The fourth-order valence-corrected chi connectivity index (χ4v) is 2.59. The van der Waals surface area contributed by atoms with Crippen molar-refractivity contribution >= 4 is 5.91 Å². The number of hydrogen-bond donors (Lipinski definition) is 1. The highest BCUT2D eigenvalue weighted by Crippen LogP contribution is 2.15. The third-order valence-electron chi connectivity index (χ3n) is 3.75. The van der Waals surface area contributed by atoms with E-state index in [0.29, 0.717) is 13.1 Å². The van der Waals surface area contributed by atoms with E-state index >= 15 is 0 Å². The summed E-state index contributed by atoms with van der Waals surface area (Å²) < 4.78 is 5.26. The minimum Gasteiger partial charge on any atom is -0.497 e. The molecule has 0 saturated carbocycles. The SMILES string of the molecule is CCNC(=O)CN1CCN(Cc2cccc(OC)c2)CC1. The lowest BCUT2D eigenvalue weighted by atomic mass is 10.2. The zero-order valence-corrected chi connectivity index (χ0v) is 13.0. The van der Waals surface area contributed by atoms with E-state index in [1.807, 2.05) is 19.1 Å². The Hall–Kier alpha value is -1.59. The summed E-state index contributed by atoms with van der Waals surface area (Å²) in [6.07, 6.45) is 0. The molecule has 0 aromatic heterocycles. The van der Waals surface area contributed by atoms with Gasteiger partial charge in [-0.15, -0.1) is 0 Å². The van der Waals surface area contributed by atoms with Crippen LogP contribution in [0.3, 0.4) is 0 Å². The Kier molecular flexibility index (Phi) is 6.02. The molecule has 2 rings (SSSR count). The summed E-state index contributed by atoms with van der Waals surface area (Å²) in [5.41, 5.74) is 1.27. The molecule has 0 radical (unpaired) electrons. The monoisotopic (exact) mass is 291 g/mol. The van der Waals surface area contributed by atoms with E-state index in [2.05, 4.69) is 27.2 Å². The van der Waals surface area contributed by atoms with Gasteiger partial charge in [-0.25, -0.2) is 0 Å². The molecule has 116 valence electrons. The number of carbonyl (C=O) groups is 1. The highest BCUT2D eigenvalue weighted by Gasteiger charge is 2.18. The summed E-state index contributed by atoms with van der Waals surface area (Å²) in [6.45, 7) is 7.99. The standard InChI is InChI=1S/C16H25N3O2/c1-3-17-16(20)13-19-9-7-18(8-10-19)12-14-5-4-6-15(11-14)21-2/h4-6,11H,3,7-10,12-13H2,1-2H3,(H,17,20). The van der Waals surface area contributed by atoms with Gasteiger partial charge in [0, 0.05) is 39.3 Å². The molecule has 1 fully saturated rings. The summed E-state index contributed by atoms with van der Waals surface area (Å²) in [4.78, 5) is 16.2. The van der Waals surface area contributed by atoms with Gasteiger partial charge in [-0.05, 0) is 24.6 Å². The lowest BCUT2D eigenvalue weighted by molar-refractivity contribution is -0.122. The average Bonchev–Trinajstić information content (AvgIpc) is 2.50. The van der Waals surface area contributed by atoms with Crippen LogP contribution in [-0.4, -0.2) is 62.1 Å². The molecule has 1 saturated heterocycles. The van der Waals surface area contributed by atoms with Gasteiger partial charge < -0.3 is 10.1 Å². The van der Waals surface area contributed by atoms with Crippen molar-refractivity contribution in [3.8, 4) is 5.75 Å². The molecule has 0 aliphatic carbocycles. The zero-order chi connectivity index (χ0) is 15.1. The molecule has 1 amide bonds. The van der Waals surface area contributed by atoms with Crippen LogP contribution in [0.2, 0.25) is 0 Å². The number of methoxy groups -OCH3 is 1. The van der Waals surface area contributed by atoms with Crippen LogP contribution in [0.1, 0.15) is 12.5 Å². The Bertz CT molecular complexity index is 457. The smallest absolute Gasteiger partial charge is 0.234 e. The van der Waals surface area contributed by atoms with Crippen molar-refractivity contribution in [3.63, 3.8) is 0 Å². The lowest BCUT2D eigenvalue weighted by Gasteiger charge is -2.34. The van der Waals surface area contributed by atoms with E-state index in [0.717, 1.165) is 38.5 Å². The van der Waals surface area contributed by atoms with Crippen molar-refractivity contribution in [2.24, 2.45) is 0 Å². The Morgan fingerprint density at radius 1 is 1.24 bits per heavy atom. The highest BCUT2D eigenvalue weighted by molar-refractivity contribution is 5.77. The van der Waals surface area contributed by atoms with Crippen LogP contribution in [0.5, 0.6) is 5.75 Å².